The quantitative estimate of drug-likeness (QED) is 0.455. The van der Waals surface area contributed by atoms with Crippen LogP contribution in [0.15, 0.2) is 18.2 Å². The van der Waals surface area contributed by atoms with Gasteiger partial charge in [0.2, 0.25) is 5.91 Å². The molecule has 0 bridgehead atoms. The van der Waals surface area contributed by atoms with Crippen LogP contribution in [0, 0.1) is 16.0 Å². The van der Waals surface area contributed by atoms with Gasteiger partial charge in [-0.05, 0) is 25.0 Å². The van der Waals surface area contributed by atoms with E-state index in [4.69, 9.17) is 4.74 Å². The number of hydrogen-bond acceptors (Lipinski definition) is 5. The molecule has 0 atom stereocenters. The van der Waals surface area contributed by atoms with E-state index in [1.54, 1.807) is 6.07 Å². The molecule has 0 unspecified atom stereocenters. The predicted molar refractivity (Wildman–Crippen MR) is 112 cm³/mol. The second-order valence-corrected chi connectivity index (χ2v) is 8.23. The number of nitrogens with one attached hydrogen (secondary N) is 3. The number of rotatable bonds is 7. The minimum atomic E-state index is -0.536. The molecule has 1 aromatic carbocycles. The third-order valence-electron chi connectivity index (χ3n) is 6.10. The van der Waals surface area contributed by atoms with Crippen molar-refractivity contribution in [2.24, 2.45) is 5.92 Å². The highest BCUT2D eigenvalue weighted by atomic mass is 16.6. The molecule has 1 saturated heterocycles. The average molecular weight is 420 g/mol. The van der Waals surface area contributed by atoms with Crippen molar-refractivity contribution >= 4 is 23.2 Å². The van der Waals surface area contributed by atoms with Crippen molar-refractivity contribution in [3.05, 3.63) is 28.3 Å². The lowest BCUT2D eigenvalue weighted by molar-refractivity contribution is -0.897. The molecule has 2 amide bonds. The first-order valence-electron chi connectivity index (χ1n) is 10.7. The van der Waals surface area contributed by atoms with Crippen molar-refractivity contribution in [3.63, 3.8) is 0 Å². The molecule has 1 heterocycles. The number of nitro benzene ring substituents is 1. The molecular formula is C21H31N4O5+. The van der Waals surface area contributed by atoms with Crippen LogP contribution >= 0.6 is 0 Å². The van der Waals surface area contributed by atoms with E-state index in [1.165, 1.54) is 25.7 Å². The van der Waals surface area contributed by atoms with Crippen LogP contribution < -0.4 is 20.3 Å². The topological polar surface area (TPSA) is 115 Å². The maximum atomic E-state index is 12.4. The normalized spacial score (nSPS) is 22.2. The summed E-state index contributed by atoms with van der Waals surface area (Å²) < 4.78 is 5.01. The van der Waals surface area contributed by atoms with E-state index >= 15 is 0 Å². The number of ether oxygens (including phenoxy) is 1. The molecule has 2 aliphatic rings. The van der Waals surface area contributed by atoms with Crippen molar-refractivity contribution in [2.45, 2.75) is 51.0 Å². The third kappa shape index (κ3) is 5.91. The Kier molecular flexibility index (Phi) is 7.62. The summed E-state index contributed by atoms with van der Waals surface area (Å²) in [7, 11) is 1.43. The van der Waals surface area contributed by atoms with Gasteiger partial charge in [0.25, 0.3) is 11.6 Å². The second-order valence-electron chi connectivity index (χ2n) is 8.23. The van der Waals surface area contributed by atoms with Crippen LogP contribution in [0.2, 0.25) is 0 Å². The highest BCUT2D eigenvalue weighted by Crippen LogP contribution is 2.28. The number of nitrogens with zero attached hydrogens (tertiary/aromatic N) is 1. The zero-order chi connectivity index (χ0) is 21.5. The number of carbonyl (C=O) groups excluding carboxylic acids is 2. The van der Waals surface area contributed by atoms with Crippen LogP contribution in [0.5, 0.6) is 5.75 Å². The Balaban J connectivity index is 1.45. The first kappa shape index (κ1) is 22.0. The summed E-state index contributed by atoms with van der Waals surface area (Å²) in [6.07, 6.45) is 7.17. The van der Waals surface area contributed by atoms with E-state index < -0.39 is 4.92 Å². The lowest BCUT2D eigenvalue weighted by Gasteiger charge is -2.31. The van der Waals surface area contributed by atoms with Gasteiger partial charge in [-0.15, -0.1) is 0 Å². The molecule has 9 heteroatoms. The van der Waals surface area contributed by atoms with E-state index in [0.29, 0.717) is 5.75 Å². The number of nitro groups is 1. The molecule has 1 aliphatic heterocycles. The number of quaternary nitrogens is 1. The number of methoxy groups -OCH3 is 1. The Morgan fingerprint density at radius 2 is 1.87 bits per heavy atom. The van der Waals surface area contributed by atoms with Crippen LogP contribution in [0.1, 0.15) is 44.9 Å². The van der Waals surface area contributed by atoms with Crippen LogP contribution in [0.3, 0.4) is 0 Å². The molecule has 1 saturated carbocycles. The van der Waals surface area contributed by atoms with Crippen molar-refractivity contribution in [3.8, 4) is 5.75 Å². The van der Waals surface area contributed by atoms with Gasteiger partial charge in [-0.2, -0.15) is 0 Å². The molecule has 0 radical (unpaired) electrons. The molecule has 3 rings (SSSR count). The summed E-state index contributed by atoms with van der Waals surface area (Å²) >= 11 is 0. The second kappa shape index (κ2) is 10.4. The zero-order valence-corrected chi connectivity index (χ0v) is 17.4. The number of amides is 2. The minimum Gasteiger partial charge on any atom is -0.496 e. The Hall–Kier alpha value is -2.68. The summed E-state index contributed by atoms with van der Waals surface area (Å²) in [5.74, 6) is 0.452. The van der Waals surface area contributed by atoms with Crippen molar-refractivity contribution in [1.29, 1.82) is 0 Å². The van der Waals surface area contributed by atoms with Gasteiger partial charge >= 0.3 is 0 Å². The molecule has 9 nitrogen and oxygen atoms in total. The summed E-state index contributed by atoms with van der Waals surface area (Å²) in [5.41, 5.74) is -0.0262. The van der Waals surface area contributed by atoms with Crippen LogP contribution in [-0.2, 0) is 9.59 Å². The van der Waals surface area contributed by atoms with Crippen molar-refractivity contribution in [2.75, 3.05) is 32.1 Å². The third-order valence-corrected chi connectivity index (χ3v) is 6.10. The Bertz CT molecular complexity index is 771. The van der Waals surface area contributed by atoms with Gasteiger partial charge in [-0.3, -0.25) is 19.7 Å². The van der Waals surface area contributed by atoms with Crippen LogP contribution in [0.4, 0.5) is 11.4 Å². The van der Waals surface area contributed by atoms with E-state index in [9.17, 15) is 19.7 Å². The SMILES string of the molecule is COc1ccc(NC(=O)C[NH+]2CCC(NC(=O)C3CCCCC3)CC2)c([N+](=O)[O-])c1. The van der Waals surface area contributed by atoms with Gasteiger partial charge in [0.1, 0.15) is 11.4 Å². The number of benzene rings is 1. The lowest BCUT2D eigenvalue weighted by atomic mass is 9.88. The number of likely N-dealkylation sites (tertiary alicyclic amines) is 1. The summed E-state index contributed by atoms with van der Waals surface area (Å²) in [4.78, 5) is 36.7. The van der Waals surface area contributed by atoms with E-state index in [2.05, 4.69) is 10.6 Å². The Morgan fingerprint density at radius 3 is 2.50 bits per heavy atom. The molecular weight excluding hydrogens is 388 g/mol. The zero-order valence-electron chi connectivity index (χ0n) is 17.4. The van der Waals surface area contributed by atoms with Crippen LogP contribution in [0.25, 0.3) is 0 Å². The number of piperidine rings is 1. The molecule has 2 fully saturated rings. The molecule has 30 heavy (non-hydrogen) atoms. The first-order chi connectivity index (χ1) is 14.5. The van der Waals surface area contributed by atoms with Crippen molar-refractivity contribution in [1.82, 2.24) is 5.32 Å². The highest BCUT2D eigenvalue weighted by molar-refractivity contribution is 5.93. The summed E-state index contributed by atoms with van der Waals surface area (Å²) in [6, 6.07) is 4.53. The fourth-order valence-electron chi connectivity index (χ4n) is 4.35. The molecule has 0 spiro atoms. The van der Waals surface area contributed by atoms with Gasteiger partial charge in [-0.1, -0.05) is 19.3 Å². The Labute approximate surface area is 176 Å². The molecule has 3 N–H and O–H groups in total. The van der Waals surface area contributed by atoms with Gasteiger partial charge < -0.3 is 20.3 Å². The molecule has 1 aliphatic carbocycles. The maximum Gasteiger partial charge on any atom is 0.296 e. The highest BCUT2D eigenvalue weighted by Gasteiger charge is 2.28. The Morgan fingerprint density at radius 1 is 1.17 bits per heavy atom. The predicted octanol–water partition coefficient (Wildman–Crippen LogP) is 1.29. The fraction of sp³-hybridized carbons (Fsp3) is 0.619. The van der Waals surface area contributed by atoms with E-state index in [0.717, 1.165) is 56.5 Å². The lowest BCUT2D eigenvalue weighted by Crippen LogP contribution is -3.14. The molecule has 0 aromatic heterocycles. The monoisotopic (exact) mass is 419 g/mol. The average Bonchev–Trinajstić information content (AvgIpc) is 2.75. The standard InChI is InChI=1S/C21H30N4O5/c1-30-17-7-8-18(19(13-17)25(28)29)23-20(26)14-24-11-9-16(10-12-24)22-21(27)15-5-3-2-4-6-15/h7-8,13,15-16H,2-6,9-12,14H2,1H3,(H,22,27)(H,23,26)/p+1. The first-order valence-corrected chi connectivity index (χ1v) is 10.7. The van der Waals surface area contributed by atoms with Gasteiger partial charge in [0, 0.05) is 24.8 Å². The minimum absolute atomic E-state index is 0.162. The largest absolute Gasteiger partial charge is 0.496 e. The summed E-state index contributed by atoms with van der Waals surface area (Å²) in [6.45, 7) is 1.81. The number of carbonyl (C=O) groups is 2. The van der Waals surface area contributed by atoms with Gasteiger partial charge in [0.15, 0.2) is 6.54 Å². The van der Waals surface area contributed by atoms with Crippen LogP contribution in [-0.4, -0.2) is 49.5 Å². The smallest absolute Gasteiger partial charge is 0.296 e. The molecule has 164 valence electrons. The maximum absolute atomic E-state index is 12.4. The fourth-order valence-corrected chi connectivity index (χ4v) is 4.35. The molecule has 1 aromatic rings. The summed E-state index contributed by atoms with van der Waals surface area (Å²) in [5, 5.41) is 17.1. The number of hydrogen-bond donors (Lipinski definition) is 3. The van der Waals surface area contributed by atoms with Gasteiger partial charge in [-0.25, -0.2) is 0 Å². The van der Waals surface area contributed by atoms with Crippen molar-refractivity contribution < 1.29 is 24.1 Å². The van der Waals surface area contributed by atoms with E-state index in [-0.39, 0.29) is 41.7 Å². The number of anilines is 1. The van der Waals surface area contributed by atoms with E-state index in [1.807, 2.05) is 0 Å². The van der Waals surface area contributed by atoms with Gasteiger partial charge in [0.05, 0.1) is 31.2 Å².